The van der Waals surface area contributed by atoms with Gasteiger partial charge in [-0.1, -0.05) is 0 Å². The number of hydrogen-bond acceptors (Lipinski definition) is 4. The molecule has 3 fully saturated rings. The lowest BCUT2D eigenvalue weighted by Crippen LogP contribution is -2.35. The molecule has 0 N–H and O–H groups in total. The van der Waals surface area contributed by atoms with Gasteiger partial charge in [0.05, 0.1) is 12.7 Å². The van der Waals surface area contributed by atoms with E-state index in [1.54, 1.807) is 0 Å². The summed E-state index contributed by atoms with van der Waals surface area (Å²) < 4.78 is 22.7. The van der Waals surface area contributed by atoms with Gasteiger partial charge in [0.2, 0.25) is 0 Å². The SMILES string of the molecule is C1CC[C@H](OC2COC3CCOC32)OC1. The Kier molecular flexibility index (Phi) is 2.92. The molecule has 4 nitrogen and oxygen atoms in total. The number of fused-ring (bicyclic) bond motifs is 1. The van der Waals surface area contributed by atoms with Gasteiger partial charge in [-0.05, 0) is 25.7 Å². The highest BCUT2D eigenvalue weighted by Gasteiger charge is 2.43. The first-order valence-corrected chi connectivity index (χ1v) is 5.94. The average Bonchev–Trinajstić information content (AvgIpc) is 2.85. The monoisotopic (exact) mass is 214 g/mol. The van der Waals surface area contributed by atoms with Gasteiger partial charge < -0.3 is 18.9 Å². The van der Waals surface area contributed by atoms with Gasteiger partial charge in [-0.3, -0.25) is 0 Å². The fourth-order valence-corrected chi connectivity index (χ4v) is 2.56. The van der Waals surface area contributed by atoms with Crippen molar-refractivity contribution in [2.45, 2.75) is 50.3 Å². The topological polar surface area (TPSA) is 36.9 Å². The van der Waals surface area contributed by atoms with E-state index in [0.717, 1.165) is 32.5 Å². The number of ether oxygens (including phenoxy) is 4. The molecular weight excluding hydrogens is 196 g/mol. The van der Waals surface area contributed by atoms with Crippen molar-refractivity contribution in [1.82, 2.24) is 0 Å². The summed E-state index contributed by atoms with van der Waals surface area (Å²) >= 11 is 0. The van der Waals surface area contributed by atoms with Crippen LogP contribution in [0.3, 0.4) is 0 Å². The summed E-state index contributed by atoms with van der Waals surface area (Å²) in [5, 5.41) is 0. The van der Waals surface area contributed by atoms with Gasteiger partial charge in [-0.15, -0.1) is 0 Å². The Bertz CT molecular complexity index is 215. The van der Waals surface area contributed by atoms with E-state index in [-0.39, 0.29) is 24.6 Å². The zero-order valence-corrected chi connectivity index (χ0v) is 8.89. The minimum Gasteiger partial charge on any atom is -0.373 e. The second kappa shape index (κ2) is 4.37. The summed E-state index contributed by atoms with van der Waals surface area (Å²) in [6.07, 6.45) is 4.84. The van der Waals surface area contributed by atoms with Crippen LogP contribution >= 0.6 is 0 Å². The maximum absolute atomic E-state index is 5.89. The van der Waals surface area contributed by atoms with Crippen molar-refractivity contribution in [2.24, 2.45) is 0 Å². The third kappa shape index (κ3) is 2.04. The Hall–Kier alpha value is -0.160. The first kappa shape index (κ1) is 10.0. The molecule has 3 unspecified atom stereocenters. The molecule has 0 spiro atoms. The van der Waals surface area contributed by atoms with E-state index in [1.807, 2.05) is 0 Å². The van der Waals surface area contributed by atoms with E-state index in [2.05, 4.69) is 0 Å². The maximum Gasteiger partial charge on any atom is 0.158 e. The van der Waals surface area contributed by atoms with Gasteiger partial charge in [-0.2, -0.15) is 0 Å². The Balaban J connectivity index is 1.54. The van der Waals surface area contributed by atoms with Crippen LogP contribution in [-0.4, -0.2) is 44.4 Å². The average molecular weight is 214 g/mol. The van der Waals surface area contributed by atoms with Crippen molar-refractivity contribution in [3.63, 3.8) is 0 Å². The van der Waals surface area contributed by atoms with Crippen molar-refractivity contribution in [3.05, 3.63) is 0 Å². The Labute approximate surface area is 89.8 Å². The quantitative estimate of drug-likeness (QED) is 0.689. The summed E-state index contributed by atoms with van der Waals surface area (Å²) in [4.78, 5) is 0. The first-order valence-electron chi connectivity index (χ1n) is 5.94. The molecule has 0 aromatic carbocycles. The fraction of sp³-hybridized carbons (Fsp3) is 1.00. The van der Waals surface area contributed by atoms with Gasteiger partial charge >= 0.3 is 0 Å². The third-order valence-electron chi connectivity index (χ3n) is 3.38. The molecule has 0 aromatic heterocycles. The lowest BCUT2D eigenvalue weighted by atomic mass is 10.1. The van der Waals surface area contributed by atoms with Crippen LogP contribution in [-0.2, 0) is 18.9 Å². The van der Waals surface area contributed by atoms with Crippen LogP contribution < -0.4 is 0 Å². The molecule has 3 aliphatic heterocycles. The molecule has 0 aromatic rings. The Morgan fingerprint density at radius 1 is 0.933 bits per heavy atom. The molecule has 3 heterocycles. The summed E-state index contributed by atoms with van der Waals surface area (Å²) in [5.74, 6) is 0. The molecule has 4 heteroatoms. The van der Waals surface area contributed by atoms with E-state index in [1.165, 1.54) is 6.42 Å². The summed E-state index contributed by atoms with van der Waals surface area (Å²) in [6, 6.07) is 0. The molecule has 3 rings (SSSR count). The highest BCUT2D eigenvalue weighted by Crippen LogP contribution is 2.30. The van der Waals surface area contributed by atoms with Gasteiger partial charge in [0.15, 0.2) is 6.29 Å². The van der Waals surface area contributed by atoms with Gasteiger partial charge in [-0.25, -0.2) is 0 Å². The van der Waals surface area contributed by atoms with Crippen LogP contribution in [0, 0.1) is 0 Å². The molecule has 86 valence electrons. The Morgan fingerprint density at radius 2 is 1.93 bits per heavy atom. The van der Waals surface area contributed by atoms with Crippen LogP contribution in [0.1, 0.15) is 25.7 Å². The molecule has 3 saturated heterocycles. The zero-order chi connectivity index (χ0) is 10.1. The predicted molar refractivity (Wildman–Crippen MR) is 52.6 cm³/mol. The summed E-state index contributed by atoms with van der Waals surface area (Å²) in [6.45, 7) is 2.29. The molecule has 0 bridgehead atoms. The Morgan fingerprint density at radius 3 is 2.80 bits per heavy atom. The summed E-state index contributed by atoms with van der Waals surface area (Å²) in [7, 11) is 0. The zero-order valence-electron chi connectivity index (χ0n) is 8.89. The van der Waals surface area contributed by atoms with Gasteiger partial charge in [0.1, 0.15) is 12.2 Å². The minimum atomic E-state index is -0.0321. The van der Waals surface area contributed by atoms with Crippen LogP contribution in [0.5, 0.6) is 0 Å². The van der Waals surface area contributed by atoms with Crippen LogP contribution in [0.2, 0.25) is 0 Å². The predicted octanol–water partition coefficient (Wildman–Crippen LogP) is 1.09. The van der Waals surface area contributed by atoms with Crippen molar-refractivity contribution in [3.8, 4) is 0 Å². The van der Waals surface area contributed by atoms with E-state index in [0.29, 0.717) is 6.61 Å². The van der Waals surface area contributed by atoms with E-state index < -0.39 is 0 Å². The maximum atomic E-state index is 5.89. The van der Waals surface area contributed by atoms with Gasteiger partial charge in [0, 0.05) is 13.2 Å². The molecule has 4 atom stereocenters. The first-order chi connectivity index (χ1) is 7.43. The lowest BCUT2D eigenvalue weighted by molar-refractivity contribution is -0.201. The van der Waals surface area contributed by atoms with E-state index in [9.17, 15) is 0 Å². The number of hydrogen-bond donors (Lipinski definition) is 0. The lowest BCUT2D eigenvalue weighted by Gasteiger charge is -2.27. The van der Waals surface area contributed by atoms with Crippen LogP contribution in [0.15, 0.2) is 0 Å². The molecule has 3 aliphatic rings. The normalized spacial score (nSPS) is 45.6. The third-order valence-corrected chi connectivity index (χ3v) is 3.38. The smallest absolute Gasteiger partial charge is 0.158 e. The molecule has 0 aliphatic carbocycles. The van der Waals surface area contributed by atoms with Crippen molar-refractivity contribution < 1.29 is 18.9 Å². The second-order valence-corrected chi connectivity index (χ2v) is 4.47. The van der Waals surface area contributed by atoms with Crippen LogP contribution in [0.25, 0.3) is 0 Å². The molecule has 0 amide bonds. The van der Waals surface area contributed by atoms with Crippen molar-refractivity contribution >= 4 is 0 Å². The highest BCUT2D eigenvalue weighted by atomic mass is 16.7. The van der Waals surface area contributed by atoms with E-state index in [4.69, 9.17) is 18.9 Å². The van der Waals surface area contributed by atoms with Crippen molar-refractivity contribution in [1.29, 1.82) is 0 Å². The fourth-order valence-electron chi connectivity index (χ4n) is 2.56. The van der Waals surface area contributed by atoms with Gasteiger partial charge in [0.25, 0.3) is 0 Å². The largest absolute Gasteiger partial charge is 0.373 e. The second-order valence-electron chi connectivity index (χ2n) is 4.47. The minimum absolute atomic E-state index is 0.0321. The molecule has 0 saturated carbocycles. The highest BCUT2D eigenvalue weighted by molar-refractivity contribution is 4.90. The molecular formula is C11H18O4. The number of rotatable bonds is 2. The summed E-state index contributed by atoms with van der Waals surface area (Å²) in [5.41, 5.74) is 0. The van der Waals surface area contributed by atoms with Crippen LogP contribution in [0.4, 0.5) is 0 Å². The molecule has 0 radical (unpaired) electrons. The standard InChI is InChI=1S/C11H18O4/c1-2-5-12-10(3-1)15-9-7-14-8-4-6-13-11(8)9/h8-11H,1-7H2/t8?,9?,10-,11?/m0/s1. The molecule has 15 heavy (non-hydrogen) atoms. The van der Waals surface area contributed by atoms with Crippen molar-refractivity contribution in [2.75, 3.05) is 19.8 Å². The van der Waals surface area contributed by atoms with E-state index >= 15 is 0 Å².